The van der Waals surface area contributed by atoms with Gasteiger partial charge in [0.2, 0.25) is 0 Å². The van der Waals surface area contributed by atoms with Gasteiger partial charge in [-0.05, 0) is 13.3 Å². The van der Waals surface area contributed by atoms with Crippen molar-refractivity contribution in [3.8, 4) is 0 Å². The van der Waals surface area contributed by atoms with Gasteiger partial charge in [0, 0.05) is 0 Å². The predicted molar refractivity (Wildman–Crippen MR) is 52.9 cm³/mol. The molecule has 7 heteroatoms. The normalized spacial score (nSPS) is 12.1. The van der Waals surface area contributed by atoms with E-state index in [0.717, 1.165) is 4.68 Å². The van der Waals surface area contributed by atoms with Crippen molar-refractivity contribution in [3.63, 3.8) is 0 Å². The Morgan fingerprint density at radius 1 is 1.56 bits per heavy atom. The van der Waals surface area contributed by atoms with E-state index in [9.17, 15) is 9.59 Å². The van der Waals surface area contributed by atoms with E-state index in [1.807, 2.05) is 0 Å². The number of carbonyl (C=O) groups excluding carboxylic acids is 1. The number of rotatable bonds is 5. The summed E-state index contributed by atoms with van der Waals surface area (Å²) in [5, 5.41) is 16.1. The molecule has 0 aliphatic carbocycles. The number of carboxylic acid groups (broad SMARTS) is 1. The molecule has 0 radical (unpaired) electrons. The first-order chi connectivity index (χ1) is 7.61. The number of aliphatic carboxylic acids is 1. The molecule has 16 heavy (non-hydrogen) atoms. The monoisotopic (exact) mass is 227 g/mol. The van der Waals surface area contributed by atoms with Crippen LogP contribution in [0.5, 0.6) is 0 Å². The van der Waals surface area contributed by atoms with Crippen molar-refractivity contribution in [2.75, 3.05) is 6.61 Å². The van der Waals surface area contributed by atoms with Gasteiger partial charge in [0.05, 0.1) is 12.8 Å². The quantitative estimate of drug-likeness (QED) is 0.735. The highest BCUT2D eigenvalue weighted by Gasteiger charge is 2.25. The summed E-state index contributed by atoms with van der Waals surface area (Å²) >= 11 is 0. The Morgan fingerprint density at radius 3 is 2.75 bits per heavy atom. The van der Waals surface area contributed by atoms with Gasteiger partial charge in [0.15, 0.2) is 11.7 Å². The van der Waals surface area contributed by atoms with Gasteiger partial charge in [0.25, 0.3) is 0 Å². The fourth-order valence-corrected chi connectivity index (χ4v) is 1.28. The molecule has 1 rings (SSSR count). The highest BCUT2D eigenvalue weighted by molar-refractivity contribution is 5.87. The van der Waals surface area contributed by atoms with E-state index >= 15 is 0 Å². The second-order valence-corrected chi connectivity index (χ2v) is 3.05. The molecule has 0 aliphatic heterocycles. The first-order valence-electron chi connectivity index (χ1n) is 4.91. The summed E-state index contributed by atoms with van der Waals surface area (Å²) in [6, 6.07) is -0.901. The molecule has 0 amide bonds. The predicted octanol–water partition coefficient (Wildman–Crippen LogP) is 0.490. The molecule has 0 bridgehead atoms. The molecule has 0 aromatic carbocycles. The van der Waals surface area contributed by atoms with E-state index in [1.54, 1.807) is 13.8 Å². The van der Waals surface area contributed by atoms with E-state index in [0.29, 0.717) is 6.42 Å². The maximum Gasteiger partial charge on any atom is 0.358 e. The third-order valence-electron chi connectivity index (χ3n) is 2.03. The minimum absolute atomic E-state index is 0.0519. The molecule has 1 N–H and O–H groups in total. The van der Waals surface area contributed by atoms with E-state index < -0.39 is 18.0 Å². The average molecular weight is 227 g/mol. The minimum Gasteiger partial charge on any atom is -0.480 e. The SMILES string of the molecule is CCOC(=O)c1cnnn1C(CC)C(=O)O. The topological polar surface area (TPSA) is 94.3 Å². The van der Waals surface area contributed by atoms with E-state index in [-0.39, 0.29) is 12.3 Å². The van der Waals surface area contributed by atoms with Crippen molar-refractivity contribution >= 4 is 11.9 Å². The molecule has 0 saturated carbocycles. The van der Waals surface area contributed by atoms with Crippen LogP contribution in [0.2, 0.25) is 0 Å². The van der Waals surface area contributed by atoms with Crippen molar-refractivity contribution in [1.29, 1.82) is 0 Å². The maximum atomic E-state index is 11.5. The first kappa shape index (κ1) is 12.2. The Kier molecular flexibility index (Phi) is 3.98. The van der Waals surface area contributed by atoms with Crippen LogP contribution < -0.4 is 0 Å². The van der Waals surface area contributed by atoms with Crippen molar-refractivity contribution in [2.45, 2.75) is 26.3 Å². The smallest absolute Gasteiger partial charge is 0.358 e. The Bertz CT molecular complexity index is 388. The average Bonchev–Trinajstić information content (AvgIpc) is 2.67. The Morgan fingerprint density at radius 2 is 2.25 bits per heavy atom. The van der Waals surface area contributed by atoms with Crippen molar-refractivity contribution in [1.82, 2.24) is 15.0 Å². The van der Waals surface area contributed by atoms with Crippen LogP contribution in [-0.2, 0) is 9.53 Å². The number of hydrogen-bond acceptors (Lipinski definition) is 5. The zero-order chi connectivity index (χ0) is 12.1. The summed E-state index contributed by atoms with van der Waals surface area (Å²) in [5.74, 6) is -1.68. The maximum absolute atomic E-state index is 11.5. The third kappa shape index (κ3) is 2.36. The molecule has 0 aliphatic rings. The van der Waals surface area contributed by atoms with Crippen LogP contribution in [0.15, 0.2) is 6.20 Å². The largest absolute Gasteiger partial charge is 0.480 e. The van der Waals surface area contributed by atoms with Crippen molar-refractivity contribution in [3.05, 3.63) is 11.9 Å². The summed E-state index contributed by atoms with van der Waals surface area (Å²) in [6.45, 7) is 3.57. The lowest BCUT2D eigenvalue weighted by Crippen LogP contribution is -2.24. The molecule has 7 nitrogen and oxygen atoms in total. The zero-order valence-corrected chi connectivity index (χ0v) is 9.08. The fourth-order valence-electron chi connectivity index (χ4n) is 1.28. The molecular formula is C9H13N3O4. The Balaban J connectivity index is 3.01. The van der Waals surface area contributed by atoms with Crippen LogP contribution >= 0.6 is 0 Å². The van der Waals surface area contributed by atoms with E-state index in [4.69, 9.17) is 9.84 Å². The van der Waals surface area contributed by atoms with Gasteiger partial charge in [-0.25, -0.2) is 14.3 Å². The van der Waals surface area contributed by atoms with Crippen molar-refractivity contribution in [2.24, 2.45) is 0 Å². The van der Waals surface area contributed by atoms with Crippen LogP contribution in [0, 0.1) is 0 Å². The Labute approximate surface area is 92.0 Å². The summed E-state index contributed by atoms with van der Waals surface area (Å²) in [6.07, 6.45) is 1.51. The highest BCUT2D eigenvalue weighted by atomic mass is 16.5. The number of carbonyl (C=O) groups is 2. The van der Waals surface area contributed by atoms with Crippen LogP contribution in [-0.4, -0.2) is 38.6 Å². The van der Waals surface area contributed by atoms with Gasteiger partial charge in [-0.2, -0.15) is 0 Å². The molecule has 1 aromatic rings. The molecule has 1 atom stereocenters. The van der Waals surface area contributed by atoms with Gasteiger partial charge in [-0.3, -0.25) is 0 Å². The molecule has 1 aromatic heterocycles. The van der Waals surface area contributed by atoms with Crippen LogP contribution in [0.3, 0.4) is 0 Å². The van der Waals surface area contributed by atoms with Crippen molar-refractivity contribution < 1.29 is 19.4 Å². The lowest BCUT2D eigenvalue weighted by Gasteiger charge is -2.11. The lowest BCUT2D eigenvalue weighted by atomic mass is 10.2. The second-order valence-electron chi connectivity index (χ2n) is 3.05. The Hall–Kier alpha value is -1.92. The lowest BCUT2D eigenvalue weighted by molar-refractivity contribution is -0.141. The molecule has 1 heterocycles. The first-order valence-corrected chi connectivity index (χ1v) is 4.91. The summed E-state index contributed by atoms with van der Waals surface area (Å²) in [4.78, 5) is 22.4. The van der Waals surface area contributed by atoms with Gasteiger partial charge in [-0.1, -0.05) is 12.1 Å². The third-order valence-corrected chi connectivity index (χ3v) is 2.03. The minimum atomic E-state index is -1.06. The van der Waals surface area contributed by atoms with Gasteiger partial charge < -0.3 is 9.84 Å². The number of hydrogen-bond donors (Lipinski definition) is 1. The highest BCUT2D eigenvalue weighted by Crippen LogP contribution is 2.13. The van der Waals surface area contributed by atoms with Gasteiger partial charge in [-0.15, -0.1) is 5.10 Å². The summed E-state index contributed by atoms with van der Waals surface area (Å²) in [5.41, 5.74) is 0.0519. The molecule has 1 unspecified atom stereocenters. The molecular weight excluding hydrogens is 214 g/mol. The standard InChI is InChI=1S/C9H13N3O4/c1-3-6(8(13)14)12-7(5-10-11-12)9(15)16-4-2/h5-6H,3-4H2,1-2H3,(H,13,14). The van der Waals surface area contributed by atoms with E-state index in [2.05, 4.69) is 10.3 Å². The number of esters is 1. The molecule has 0 saturated heterocycles. The zero-order valence-electron chi connectivity index (χ0n) is 9.08. The van der Waals surface area contributed by atoms with Crippen LogP contribution in [0.25, 0.3) is 0 Å². The molecule has 0 spiro atoms. The molecule has 0 fully saturated rings. The van der Waals surface area contributed by atoms with Crippen LogP contribution in [0.1, 0.15) is 36.8 Å². The number of aromatic nitrogens is 3. The van der Waals surface area contributed by atoms with Gasteiger partial charge >= 0.3 is 11.9 Å². The van der Waals surface area contributed by atoms with E-state index in [1.165, 1.54) is 6.20 Å². The second kappa shape index (κ2) is 5.24. The fraction of sp³-hybridized carbons (Fsp3) is 0.556. The summed E-state index contributed by atoms with van der Waals surface area (Å²) < 4.78 is 5.84. The van der Waals surface area contributed by atoms with Gasteiger partial charge in [0.1, 0.15) is 0 Å². The molecule has 88 valence electrons. The number of ether oxygens (including phenoxy) is 1. The summed E-state index contributed by atoms with van der Waals surface area (Å²) in [7, 11) is 0. The number of nitrogens with zero attached hydrogens (tertiary/aromatic N) is 3. The number of carboxylic acids is 1. The van der Waals surface area contributed by atoms with Crippen LogP contribution in [0.4, 0.5) is 0 Å².